The topological polar surface area (TPSA) is 101 Å². The number of pyridine rings is 1. The standard InChI is InChI=1S/C18H21N5O3/c1-11-16-13(22-23-17(16)26-3)9-15(19-11)21-18(24)20-14(10-25-2)12-7-5-4-6-8-12/h4-9,14H,10H2,1-3H3,(H,22,23)(H2,19,20,21,24). The lowest BCUT2D eigenvalue weighted by Crippen LogP contribution is -2.35. The average molecular weight is 355 g/mol. The molecule has 136 valence electrons. The largest absolute Gasteiger partial charge is 0.479 e. The van der Waals surface area contributed by atoms with Crippen LogP contribution in [0.4, 0.5) is 10.6 Å². The molecule has 1 unspecified atom stereocenters. The highest BCUT2D eigenvalue weighted by Gasteiger charge is 2.16. The first-order valence-corrected chi connectivity index (χ1v) is 8.13. The summed E-state index contributed by atoms with van der Waals surface area (Å²) in [4.78, 5) is 16.8. The zero-order chi connectivity index (χ0) is 18.5. The van der Waals surface area contributed by atoms with Crippen molar-refractivity contribution in [1.29, 1.82) is 0 Å². The Hall–Kier alpha value is -3.13. The number of aryl methyl sites for hydroxylation is 1. The lowest BCUT2D eigenvalue weighted by molar-refractivity contribution is 0.168. The number of amides is 2. The molecule has 1 atom stereocenters. The van der Waals surface area contributed by atoms with E-state index in [0.29, 0.717) is 24.0 Å². The van der Waals surface area contributed by atoms with Crippen molar-refractivity contribution in [3.63, 3.8) is 0 Å². The molecule has 0 radical (unpaired) electrons. The fourth-order valence-corrected chi connectivity index (χ4v) is 2.79. The Labute approximate surface area is 150 Å². The first-order chi connectivity index (χ1) is 12.6. The van der Waals surface area contributed by atoms with E-state index in [1.54, 1.807) is 20.3 Å². The van der Waals surface area contributed by atoms with Crippen LogP contribution in [0.1, 0.15) is 17.3 Å². The number of ether oxygens (including phenoxy) is 2. The maximum Gasteiger partial charge on any atom is 0.320 e. The van der Waals surface area contributed by atoms with Gasteiger partial charge in [-0.1, -0.05) is 30.3 Å². The summed E-state index contributed by atoms with van der Waals surface area (Å²) < 4.78 is 10.4. The van der Waals surface area contributed by atoms with Gasteiger partial charge in [-0.15, -0.1) is 5.10 Å². The molecule has 1 aromatic carbocycles. The second-order valence-corrected chi connectivity index (χ2v) is 5.77. The third kappa shape index (κ3) is 3.75. The molecule has 8 nitrogen and oxygen atoms in total. The number of carbonyl (C=O) groups is 1. The molecular weight excluding hydrogens is 334 g/mol. The number of nitrogens with one attached hydrogen (secondary N) is 3. The van der Waals surface area contributed by atoms with Gasteiger partial charge in [0.05, 0.1) is 36.4 Å². The minimum atomic E-state index is -0.367. The zero-order valence-corrected chi connectivity index (χ0v) is 14.9. The van der Waals surface area contributed by atoms with Crippen molar-refractivity contribution in [3.05, 3.63) is 47.7 Å². The molecule has 0 aliphatic carbocycles. The smallest absolute Gasteiger partial charge is 0.320 e. The van der Waals surface area contributed by atoms with Crippen LogP contribution in [0, 0.1) is 6.92 Å². The number of urea groups is 1. The molecule has 3 rings (SSSR count). The zero-order valence-electron chi connectivity index (χ0n) is 14.9. The van der Waals surface area contributed by atoms with Gasteiger partial charge in [0.2, 0.25) is 5.88 Å². The highest BCUT2D eigenvalue weighted by Crippen LogP contribution is 2.26. The van der Waals surface area contributed by atoms with Crippen LogP contribution < -0.4 is 15.4 Å². The minimum absolute atomic E-state index is 0.265. The van der Waals surface area contributed by atoms with Gasteiger partial charge >= 0.3 is 6.03 Å². The van der Waals surface area contributed by atoms with Gasteiger partial charge in [0, 0.05) is 13.2 Å². The van der Waals surface area contributed by atoms with Crippen LogP contribution in [0.5, 0.6) is 5.88 Å². The Kier molecular flexibility index (Phi) is 5.33. The highest BCUT2D eigenvalue weighted by molar-refractivity contribution is 5.93. The third-order valence-corrected chi connectivity index (χ3v) is 3.97. The molecule has 0 fully saturated rings. The summed E-state index contributed by atoms with van der Waals surface area (Å²) in [7, 11) is 3.15. The number of aromatic amines is 1. The van der Waals surface area contributed by atoms with Crippen LogP contribution in [0.25, 0.3) is 10.9 Å². The molecule has 0 aliphatic heterocycles. The minimum Gasteiger partial charge on any atom is -0.479 e. The maximum absolute atomic E-state index is 12.4. The molecule has 3 aromatic rings. The first kappa shape index (κ1) is 17.7. The molecule has 0 saturated carbocycles. The number of rotatable bonds is 6. The van der Waals surface area contributed by atoms with Gasteiger partial charge in [0.15, 0.2) is 0 Å². The quantitative estimate of drug-likeness (QED) is 0.631. The Morgan fingerprint density at radius 3 is 2.73 bits per heavy atom. The van der Waals surface area contributed by atoms with E-state index in [0.717, 1.165) is 16.5 Å². The van der Waals surface area contributed by atoms with Crippen molar-refractivity contribution in [2.45, 2.75) is 13.0 Å². The van der Waals surface area contributed by atoms with Crippen LogP contribution in [0.2, 0.25) is 0 Å². The highest BCUT2D eigenvalue weighted by atomic mass is 16.5. The molecule has 0 saturated heterocycles. The lowest BCUT2D eigenvalue weighted by Gasteiger charge is -2.18. The molecule has 0 spiro atoms. The van der Waals surface area contributed by atoms with Gasteiger partial charge in [-0.3, -0.25) is 10.4 Å². The van der Waals surface area contributed by atoms with Gasteiger partial charge in [0.25, 0.3) is 0 Å². The summed E-state index contributed by atoms with van der Waals surface area (Å²) in [6.07, 6.45) is 0. The van der Waals surface area contributed by atoms with Crippen LogP contribution in [0.3, 0.4) is 0 Å². The number of hydrogen-bond acceptors (Lipinski definition) is 5. The molecule has 26 heavy (non-hydrogen) atoms. The summed E-state index contributed by atoms with van der Waals surface area (Å²) in [5.74, 6) is 0.897. The van der Waals surface area contributed by atoms with Crippen LogP contribution >= 0.6 is 0 Å². The van der Waals surface area contributed by atoms with E-state index < -0.39 is 0 Å². The number of carbonyl (C=O) groups excluding carboxylic acids is 1. The van der Waals surface area contributed by atoms with E-state index in [-0.39, 0.29) is 12.1 Å². The number of aromatic nitrogens is 3. The summed E-state index contributed by atoms with van der Waals surface area (Å²) in [5.41, 5.74) is 2.41. The number of anilines is 1. The maximum atomic E-state index is 12.4. The van der Waals surface area contributed by atoms with Crippen molar-refractivity contribution in [2.75, 3.05) is 26.1 Å². The summed E-state index contributed by atoms with van der Waals surface area (Å²) in [6.45, 7) is 2.20. The number of nitrogens with zero attached hydrogens (tertiary/aromatic N) is 2. The van der Waals surface area contributed by atoms with E-state index in [1.165, 1.54) is 0 Å². The van der Waals surface area contributed by atoms with Gasteiger partial charge < -0.3 is 14.8 Å². The summed E-state index contributed by atoms with van der Waals surface area (Å²) in [6, 6.07) is 10.7. The normalized spacial score (nSPS) is 12.0. The first-order valence-electron chi connectivity index (χ1n) is 8.13. The molecule has 2 aromatic heterocycles. The predicted octanol–water partition coefficient (Wildman–Crippen LogP) is 2.78. The molecule has 8 heteroatoms. The van der Waals surface area contributed by atoms with E-state index in [9.17, 15) is 4.79 Å². The lowest BCUT2D eigenvalue weighted by atomic mass is 10.1. The van der Waals surface area contributed by atoms with Crippen LogP contribution in [0.15, 0.2) is 36.4 Å². The van der Waals surface area contributed by atoms with E-state index in [1.807, 2.05) is 37.3 Å². The van der Waals surface area contributed by atoms with Gasteiger partial charge in [-0.05, 0) is 12.5 Å². The molecule has 3 N–H and O–H groups in total. The number of methoxy groups -OCH3 is 2. The SMILES string of the molecule is COCC(NC(=O)Nc1cc2[nH]nc(OC)c2c(C)n1)c1ccccc1. The Morgan fingerprint density at radius 2 is 2.04 bits per heavy atom. The molecule has 2 amide bonds. The van der Waals surface area contributed by atoms with Crippen molar-refractivity contribution >= 4 is 22.8 Å². The van der Waals surface area contributed by atoms with Gasteiger partial charge in [0.1, 0.15) is 5.82 Å². The summed E-state index contributed by atoms with van der Waals surface area (Å²) in [5, 5.41) is 13.4. The van der Waals surface area contributed by atoms with Crippen LogP contribution in [-0.4, -0.2) is 42.0 Å². The van der Waals surface area contributed by atoms with E-state index >= 15 is 0 Å². The number of hydrogen-bond donors (Lipinski definition) is 3. The van der Waals surface area contributed by atoms with Crippen molar-refractivity contribution < 1.29 is 14.3 Å². The number of benzene rings is 1. The fourth-order valence-electron chi connectivity index (χ4n) is 2.79. The van der Waals surface area contributed by atoms with E-state index in [4.69, 9.17) is 9.47 Å². The van der Waals surface area contributed by atoms with Gasteiger partial charge in [-0.25, -0.2) is 9.78 Å². The second kappa shape index (κ2) is 7.83. The Bertz CT molecular complexity index is 894. The molecule has 0 aliphatic rings. The van der Waals surface area contributed by atoms with Crippen molar-refractivity contribution in [3.8, 4) is 5.88 Å². The fraction of sp³-hybridized carbons (Fsp3) is 0.278. The van der Waals surface area contributed by atoms with Crippen LogP contribution in [-0.2, 0) is 4.74 Å². The Balaban J connectivity index is 1.75. The van der Waals surface area contributed by atoms with E-state index in [2.05, 4.69) is 25.8 Å². The second-order valence-electron chi connectivity index (χ2n) is 5.77. The molecule has 2 heterocycles. The molecular formula is C18H21N5O3. The number of H-pyrrole nitrogens is 1. The van der Waals surface area contributed by atoms with Gasteiger partial charge in [-0.2, -0.15) is 0 Å². The number of fused-ring (bicyclic) bond motifs is 1. The third-order valence-electron chi connectivity index (χ3n) is 3.97. The Morgan fingerprint density at radius 1 is 1.27 bits per heavy atom. The predicted molar refractivity (Wildman–Crippen MR) is 98.4 cm³/mol. The monoisotopic (exact) mass is 355 g/mol. The average Bonchev–Trinajstić information content (AvgIpc) is 3.05. The van der Waals surface area contributed by atoms with Crippen molar-refractivity contribution in [2.24, 2.45) is 0 Å². The summed E-state index contributed by atoms with van der Waals surface area (Å²) >= 11 is 0. The molecule has 0 bridgehead atoms. The van der Waals surface area contributed by atoms with Crippen molar-refractivity contribution in [1.82, 2.24) is 20.5 Å².